The number of hydrogen-bond acceptors (Lipinski definition) is 1. The fourth-order valence-electron chi connectivity index (χ4n) is 3.61. The van der Waals surface area contributed by atoms with Crippen molar-refractivity contribution in [2.75, 3.05) is 6.61 Å². The second kappa shape index (κ2) is 3.72. The van der Waals surface area contributed by atoms with Gasteiger partial charge in [0.2, 0.25) is 0 Å². The van der Waals surface area contributed by atoms with Crippen LogP contribution in [-0.4, -0.2) is 11.7 Å². The van der Waals surface area contributed by atoms with Crippen LogP contribution in [0.1, 0.15) is 28.2 Å². The van der Waals surface area contributed by atoms with Crippen molar-refractivity contribution < 1.29 is 5.11 Å². The highest BCUT2D eigenvalue weighted by atomic mass is 35.5. The lowest BCUT2D eigenvalue weighted by molar-refractivity contribution is 0.241. The van der Waals surface area contributed by atoms with Crippen molar-refractivity contribution in [3.05, 3.63) is 81.9 Å². The third kappa shape index (κ3) is 1.24. The average Bonchev–Trinajstić information content (AvgIpc) is 2.47. The van der Waals surface area contributed by atoms with Crippen molar-refractivity contribution in [3.63, 3.8) is 0 Å². The number of benzene rings is 2. The van der Waals surface area contributed by atoms with Crippen LogP contribution in [0.15, 0.2) is 59.6 Å². The van der Waals surface area contributed by atoms with Crippen LogP contribution in [0.2, 0.25) is 0 Å². The van der Waals surface area contributed by atoms with Gasteiger partial charge < -0.3 is 5.11 Å². The summed E-state index contributed by atoms with van der Waals surface area (Å²) in [7, 11) is 0. The molecule has 2 aromatic rings. The largest absolute Gasteiger partial charge is 0.395 e. The maximum Gasteiger partial charge on any atom is 0.0633 e. The summed E-state index contributed by atoms with van der Waals surface area (Å²) in [5, 5.41) is 10.9. The fourth-order valence-corrected chi connectivity index (χ4v) is 4.03. The SMILES string of the molecule is OCC12C=C(Cl)C(c3ccccc31)c1ccccc12. The number of halogens is 1. The summed E-state index contributed by atoms with van der Waals surface area (Å²) in [5.74, 6) is 0.127. The van der Waals surface area contributed by atoms with Gasteiger partial charge in [-0.3, -0.25) is 0 Å². The first kappa shape index (κ1) is 11.3. The lowest BCUT2D eigenvalue weighted by Gasteiger charge is -2.45. The van der Waals surface area contributed by atoms with Crippen molar-refractivity contribution in [3.8, 4) is 0 Å². The number of hydrogen-bond donors (Lipinski definition) is 1. The van der Waals surface area contributed by atoms with E-state index >= 15 is 0 Å². The molecule has 2 bridgehead atoms. The Labute approximate surface area is 117 Å². The van der Waals surface area contributed by atoms with Crippen LogP contribution in [-0.2, 0) is 5.41 Å². The molecule has 3 aliphatic carbocycles. The van der Waals surface area contributed by atoms with E-state index in [0.717, 1.165) is 5.03 Å². The summed E-state index contributed by atoms with van der Waals surface area (Å²) in [6.45, 7) is 0.0456. The van der Waals surface area contributed by atoms with Crippen LogP contribution in [0.3, 0.4) is 0 Å². The zero-order valence-corrected chi connectivity index (χ0v) is 11.1. The van der Waals surface area contributed by atoms with Gasteiger partial charge in [0.1, 0.15) is 0 Å². The summed E-state index contributed by atoms with van der Waals surface area (Å²) in [6.07, 6.45) is 2.03. The highest BCUT2D eigenvalue weighted by molar-refractivity contribution is 6.31. The van der Waals surface area contributed by atoms with Gasteiger partial charge in [0, 0.05) is 11.0 Å². The van der Waals surface area contributed by atoms with Crippen LogP contribution in [0.25, 0.3) is 0 Å². The van der Waals surface area contributed by atoms with E-state index in [2.05, 4.69) is 24.3 Å². The first-order chi connectivity index (χ1) is 9.28. The molecule has 5 rings (SSSR count). The molecule has 0 saturated carbocycles. The Morgan fingerprint density at radius 2 is 1.47 bits per heavy atom. The number of aliphatic hydroxyl groups excluding tert-OH is 1. The molecule has 94 valence electrons. The van der Waals surface area contributed by atoms with Crippen molar-refractivity contribution in [1.29, 1.82) is 0 Å². The molecule has 0 saturated heterocycles. The highest BCUT2D eigenvalue weighted by Gasteiger charge is 2.47. The summed E-state index contributed by atoms with van der Waals surface area (Å²) < 4.78 is 0. The number of aliphatic hydroxyl groups is 1. The van der Waals surface area contributed by atoms with Crippen LogP contribution in [0, 0.1) is 0 Å². The van der Waals surface area contributed by atoms with E-state index in [9.17, 15) is 5.11 Å². The minimum absolute atomic E-state index is 0.0456. The molecule has 19 heavy (non-hydrogen) atoms. The summed E-state index contributed by atoms with van der Waals surface area (Å²) in [5.41, 5.74) is 4.35. The van der Waals surface area contributed by atoms with Crippen LogP contribution in [0.5, 0.6) is 0 Å². The molecule has 0 spiro atoms. The Balaban J connectivity index is 2.15. The smallest absolute Gasteiger partial charge is 0.0633 e. The van der Waals surface area contributed by atoms with Crippen molar-refractivity contribution >= 4 is 11.6 Å². The van der Waals surface area contributed by atoms with Gasteiger partial charge in [-0.05, 0) is 22.3 Å². The maximum atomic E-state index is 10.1. The molecule has 0 aromatic heterocycles. The van der Waals surface area contributed by atoms with E-state index in [1.165, 1.54) is 22.3 Å². The van der Waals surface area contributed by atoms with Crippen LogP contribution < -0.4 is 0 Å². The molecule has 0 atom stereocenters. The van der Waals surface area contributed by atoms with Crippen molar-refractivity contribution in [2.24, 2.45) is 0 Å². The lowest BCUT2D eigenvalue weighted by atomic mass is 9.59. The molecule has 0 unspecified atom stereocenters. The molecule has 2 heteroatoms. The third-order valence-electron chi connectivity index (χ3n) is 4.41. The van der Waals surface area contributed by atoms with Crippen molar-refractivity contribution in [2.45, 2.75) is 11.3 Å². The zero-order chi connectivity index (χ0) is 13.0. The molecule has 0 heterocycles. The fraction of sp³-hybridized carbons (Fsp3) is 0.176. The zero-order valence-electron chi connectivity index (χ0n) is 10.3. The Hall–Kier alpha value is -1.57. The Kier molecular flexibility index (Phi) is 2.21. The Morgan fingerprint density at radius 3 is 2.00 bits per heavy atom. The normalized spacial score (nSPS) is 26.6. The van der Waals surface area contributed by atoms with E-state index < -0.39 is 5.41 Å². The van der Waals surface area contributed by atoms with Crippen LogP contribution in [0.4, 0.5) is 0 Å². The summed E-state index contributed by atoms with van der Waals surface area (Å²) >= 11 is 6.49. The monoisotopic (exact) mass is 268 g/mol. The topological polar surface area (TPSA) is 20.2 Å². The predicted molar refractivity (Wildman–Crippen MR) is 76.5 cm³/mol. The number of rotatable bonds is 1. The minimum Gasteiger partial charge on any atom is -0.395 e. The van der Waals surface area contributed by atoms with E-state index in [4.69, 9.17) is 11.6 Å². The maximum absolute atomic E-state index is 10.1. The lowest BCUT2D eigenvalue weighted by Crippen LogP contribution is -2.40. The van der Waals surface area contributed by atoms with Gasteiger partial charge in [-0.1, -0.05) is 66.2 Å². The van der Waals surface area contributed by atoms with E-state index in [0.29, 0.717) is 0 Å². The van der Waals surface area contributed by atoms with Crippen molar-refractivity contribution in [1.82, 2.24) is 0 Å². The first-order valence-corrected chi connectivity index (χ1v) is 6.83. The van der Waals surface area contributed by atoms with Gasteiger partial charge >= 0.3 is 0 Å². The molecule has 0 amide bonds. The van der Waals surface area contributed by atoms with Gasteiger partial charge in [-0.2, -0.15) is 0 Å². The Bertz CT molecular complexity index is 654. The first-order valence-electron chi connectivity index (χ1n) is 6.46. The van der Waals surface area contributed by atoms with E-state index in [-0.39, 0.29) is 12.5 Å². The molecule has 1 N–H and O–H groups in total. The summed E-state index contributed by atoms with van der Waals surface area (Å²) in [4.78, 5) is 0. The molecular formula is C17H13ClO. The second-order valence-corrected chi connectivity index (χ2v) is 5.70. The molecule has 3 aliphatic rings. The van der Waals surface area contributed by atoms with Gasteiger partial charge in [0.05, 0.1) is 12.0 Å². The molecule has 2 aromatic carbocycles. The van der Waals surface area contributed by atoms with Gasteiger partial charge in [-0.15, -0.1) is 0 Å². The van der Waals surface area contributed by atoms with Gasteiger partial charge in [0.25, 0.3) is 0 Å². The van der Waals surface area contributed by atoms with Gasteiger partial charge in [-0.25, -0.2) is 0 Å². The molecule has 0 aliphatic heterocycles. The standard InChI is InChI=1S/C17H13ClO/c18-15-9-17(10-19)13-7-3-1-5-11(13)16(15)12-6-2-4-8-14(12)17/h1-9,16,19H,10H2. The van der Waals surface area contributed by atoms with Gasteiger partial charge in [0.15, 0.2) is 0 Å². The molecule has 1 nitrogen and oxygen atoms in total. The quantitative estimate of drug-likeness (QED) is 0.839. The average molecular weight is 269 g/mol. The van der Waals surface area contributed by atoms with Crippen LogP contribution >= 0.6 is 11.6 Å². The molecular weight excluding hydrogens is 256 g/mol. The molecule has 0 fully saturated rings. The Morgan fingerprint density at radius 1 is 0.947 bits per heavy atom. The number of allylic oxidation sites excluding steroid dienone is 1. The predicted octanol–water partition coefficient (Wildman–Crippen LogP) is 3.55. The van der Waals surface area contributed by atoms with E-state index in [1.54, 1.807) is 0 Å². The van der Waals surface area contributed by atoms with E-state index in [1.807, 2.05) is 30.3 Å². The third-order valence-corrected chi connectivity index (χ3v) is 4.74. The highest BCUT2D eigenvalue weighted by Crippen LogP contribution is 2.55. The second-order valence-electron chi connectivity index (χ2n) is 5.27. The minimum atomic E-state index is -0.473. The molecule has 0 radical (unpaired) electrons. The summed E-state index contributed by atoms with van der Waals surface area (Å²) in [6, 6.07) is 16.6.